The quantitative estimate of drug-likeness (QED) is 0.705. The molecule has 2 aliphatic heterocycles. The maximum absolute atomic E-state index is 10.4. The number of hydrogen-bond donors (Lipinski definition) is 2. The first-order valence-electron chi connectivity index (χ1n) is 6.11. The SMILES string of the molecule is C.C=C1CN(C)CCN1.CN1CCOCC1C(=O)O. The van der Waals surface area contributed by atoms with Gasteiger partial charge in [0.05, 0.1) is 13.2 Å². The van der Waals surface area contributed by atoms with E-state index in [0.29, 0.717) is 19.8 Å². The van der Waals surface area contributed by atoms with Gasteiger partial charge in [0.2, 0.25) is 0 Å². The molecule has 2 N–H and O–H groups in total. The van der Waals surface area contributed by atoms with Gasteiger partial charge in [-0.1, -0.05) is 14.0 Å². The summed E-state index contributed by atoms with van der Waals surface area (Å²) in [4.78, 5) is 14.5. The van der Waals surface area contributed by atoms with Gasteiger partial charge in [0.25, 0.3) is 0 Å². The molecular formula is C13H27N3O3. The number of carbonyl (C=O) groups is 1. The van der Waals surface area contributed by atoms with E-state index in [4.69, 9.17) is 9.84 Å². The van der Waals surface area contributed by atoms with Gasteiger partial charge in [0, 0.05) is 31.9 Å². The fourth-order valence-corrected chi connectivity index (χ4v) is 1.83. The maximum Gasteiger partial charge on any atom is 0.323 e. The summed E-state index contributed by atoms with van der Waals surface area (Å²) >= 11 is 0. The highest BCUT2D eigenvalue weighted by Crippen LogP contribution is 2.02. The van der Waals surface area contributed by atoms with Gasteiger partial charge in [-0.15, -0.1) is 0 Å². The Hall–Kier alpha value is -1.11. The summed E-state index contributed by atoms with van der Waals surface area (Å²) in [5.41, 5.74) is 1.14. The molecule has 0 aromatic heterocycles. The summed E-state index contributed by atoms with van der Waals surface area (Å²) in [6.45, 7) is 8.66. The van der Waals surface area contributed by atoms with Crippen LogP contribution in [0.4, 0.5) is 0 Å². The Kier molecular flexibility index (Phi) is 8.38. The van der Waals surface area contributed by atoms with Crippen molar-refractivity contribution >= 4 is 5.97 Å². The molecule has 0 aromatic rings. The molecule has 6 heteroatoms. The van der Waals surface area contributed by atoms with Gasteiger partial charge >= 0.3 is 5.97 Å². The lowest BCUT2D eigenvalue weighted by Crippen LogP contribution is -2.47. The summed E-state index contributed by atoms with van der Waals surface area (Å²) in [7, 11) is 3.90. The van der Waals surface area contributed by atoms with Crippen LogP contribution in [0.15, 0.2) is 12.3 Å². The molecule has 112 valence electrons. The molecule has 0 amide bonds. The number of rotatable bonds is 1. The van der Waals surface area contributed by atoms with Crippen LogP contribution in [0.1, 0.15) is 7.43 Å². The lowest BCUT2D eigenvalue weighted by atomic mass is 10.2. The Morgan fingerprint density at radius 3 is 2.53 bits per heavy atom. The van der Waals surface area contributed by atoms with Gasteiger partial charge in [-0.3, -0.25) is 14.6 Å². The van der Waals surface area contributed by atoms with Crippen LogP contribution in [0, 0.1) is 0 Å². The molecule has 2 aliphatic rings. The number of carboxylic acids is 1. The van der Waals surface area contributed by atoms with E-state index in [-0.39, 0.29) is 7.43 Å². The van der Waals surface area contributed by atoms with E-state index in [1.54, 1.807) is 11.9 Å². The Morgan fingerprint density at radius 1 is 1.47 bits per heavy atom. The van der Waals surface area contributed by atoms with Crippen LogP contribution in [-0.4, -0.2) is 80.4 Å². The standard InChI is InChI=1S/C6H12N2.C6H11NO3.CH4/c1-6-5-8(2)4-3-7-6;1-7-2-3-10-4-5(7)6(8)9;/h7H,1,3-5H2,2H3;5H,2-4H2,1H3,(H,8,9);1H4. The van der Waals surface area contributed by atoms with Crippen LogP contribution in [0.5, 0.6) is 0 Å². The fourth-order valence-electron chi connectivity index (χ4n) is 1.83. The first-order valence-corrected chi connectivity index (χ1v) is 6.11. The molecule has 2 saturated heterocycles. The van der Waals surface area contributed by atoms with Crippen molar-refractivity contribution in [2.45, 2.75) is 13.5 Å². The third-order valence-corrected chi connectivity index (χ3v) is 3.01. The molecule has 0 radical (unpaired) electrons. The topological polar surface area (TPSA) is 65.0 Å². The van der Waals surface area contributed by atoms with Gasteiger partial charge in [-0.05, 0) is 14.1 Å². The van der Waals surface area contributed by atoms with Crippen LogP contribution in [0.2, 0.25) is 0 Å². The Labute approximate surface area is 116 Å². The zero-order chi connectivity index (χ0) is 13.5. The van der Waals surface area contributed by atoms with Crippen molar-refractivity contribution in [2.24, 2.45) is 0 Å². The molecule has 2 fully saturated rings. The molecule has 1 unspecified atom stereocenters. The van der Waals surface area contributed by atoms with E-state index in [1.807, 2.05) is 0 Å². The monoisotopic (exact) mass is 273 g/mol. The number of piperazine rings is 1. The van der Waals surface area contributed by atoms with Crippen molar-refractivity contribution in [3.63, 3.8) is 0 Å². The van der Waals surface area contributed by atoms with Crippen LogP contribution in [-0.2, 0) is 9.53 Å². The first-order chi connectivity index (χ1) is 8.50. The number of carboxylic acid groups (broad SMARTS) is 1. The highest BCUT2D eigenvalue weighted by atomic mass is 16.5. The predicted molar refractivity (Wildman–Crippen MR) is 76.2 cm³/mol. The summed E-state index contributed by atoms with van der Waals surface area (Å²) in [6, 6.07) is -0.450. The lowest BCUT2D eigenvalue weighted by molar-refractivity contribution is -0.148. The average Bonchev–Trinajstić information content (AvgIpc) is 2.29. The van der Waals surface area contributed by atoms with Crippen molar-refractivity contribution in [3.8, 4) is 0 Å². The third kappa shape index (κ3) is 6.56. The molecule has 0 aromatic carbocycles. The molecule has 0 bridgehead atoms. The molecule has 2 rings (SSSR count). The molecule has 0 spiro atoms. The molecule has 6 nitrogen and oxygen atoms in total. The van der Waals surface area contributed by atoms with Crippen molar-refractivity contribution in [1.82, 2.24) is 15.1 Å². The average molecular weight is 273 g/mol. The molecule has 1 atom stereocenters. The number of hydrogen-bond acceptors (Lipinski definition) is 5. The second-order valence-electron chi connectivity index (χ2n) is 4.68. The minimum Gasteiger partial charge on any atom is -0.480 e. The predicted octanol–water partition coefficient (Wildman–Crippen LogP) is 0.0728. The smallest absolute Gasteiger partial charge is 0.323 e. The Balaban J connectivity index is 0.000000331. The summed E-state index contributed by atoms with van der Waals surface area (Å²) < 4.78 is 4.99. The van der Waals surface area contributed by atoms with Crippen molar-refractivity contribution < 1.29 is 14.6 Å². The summed E-state index contributed by atoms with van der Waals surface area (Å²) in [5.74, 6) is -0.804. The highest BCUT2D eigenvalue weighted by Gasteiger charge is 2.25. The zero-order valence-corrected chi connectivity index (χ0v) is 11.2. The zero-order valence-electron chi connectivity index (χ0n) is 11.2. The lowest BCUT2D eigenvalue weighted by Gasteiger charge is -2.28. The third-order valence-electron chi connectivity index (χ3n) is 3.01. The van der Waals surface area contributed by atoms with E-state index < -0.39 is 12.0 Å². The number of morpholine rings is 1. The molecule has 2 heterocycles. The number of nitrogens with one attached hydrogen (secondary N) is 1. The fraction of sp³-hybridized carbons (Fsp3) is 0.769. The first kappa shape index (κ1) is 17.9. The van der Waals surface area contributed by atoms with E-state index in [0.717, 1.165) is 25.3 Å². The molecule has 0 aliphatic carbocycles. The van der Waals surface area contributed by atoms with Crippen molar-refractivity contribution in [1.29, 1.82) is 0 Å². The van der Waals surface area contributed by atoms with Gasteiger partial charge in [0.1, 0.15) is 6.04 Å². The number of ether oxygens (including phenoxy) is 1. The molecular weight excluding hydrogens is 246 g/mol. The minimum absolute atomic E-state index is 0. The number of aliphatic carboxylic acids is 1. The highest BCUT2D eigenvalue weighted by molar-refractivity contribution is 5.73. The van der Waals surface area contributed by atoms with Crippen LogP contribution in [0.3, 0.4) is 0 Å². The maximum atomic E-state index is 10.4. The van der Waals surface area contributed by atoms with Crippen molar-refractivity contribution in [3.05, 3.63) is 12.3 Å². The van der Waals surface area contributed by atoms with Gasteiger partial charge in [-0.2, -0.15) is 0 Å². The van der Waals surface area contributed by atoms with Crippen LogP contribution < -0.4 is 5.32 Å². The molecule has 19 heavy (non-hydrogen) atoms. The van der Waals surface area contributed by atoms with Crippen LogP contribution >= 0.6 is 0 Å². The van der Waals surface area contributed by atoms with Gasteiger partial charge in [-0.25, -0.2) is 0 Å². The largest absolute Gasteiger partial charge is 0.480 e. The number of nitrogens with zero attached hydrogens (tertiary/aromatic N) is 2. The Bertz CT molecular complexity index is 297. The Morgan fingerprint density at radius 2 is 2.16 bits per heavy atom. The minimum atomic E-state index is -0.804. The van der Waals surface area contributed by atoms with Gasteiger partial charge in [0.15, 0.2) is 0 Å². The second kappa shape index (κ2) is 8.90. The van der Waals surface area contributed by atoms with E-state index >= 15 is 0 Å². The summed E-state index contributed by atoms with van der Waals surface area (Å²) in [6.07, 6.45) is 0. The van der Waals surface area contributed by atoms with Gasteiger partial charge < -0.3 is 15.2 Å². The van der Waals surface area contributed by atoms with Crippen molar-refractivity contribution in [2.75, 3.05) is 53.5 Å². The van der Waals surface area contributed by atoms with E-state index in [2.05, 4.69) is 23.8 Å². The summed E-state index contributed by atoms with van der Waals surface area (Å²) in [5, 5.41) is 11.8. The second-order valence-corrected chi connectivity index (χ2v) is 4.68. The number of likely N-dealkylation sites (N-methyl/N-ethyl adjacent to an activating group) is 2. The van der Waals surface area contributed by atoms with E-state index in [1.165, 1.54) is 0 Å². The normalized spacial score (nSPS) is 24.5. The molecule has 0 saturated carbocycles. The van der Waals surface area contributed by atoms with Crippen LogP contribution in [0.25, 0.3) is 0 Å². The van der Waals surface area contributed by atoms with E-state index in [9.17, 15) is 4.79 Å².